The largest absolute Gasteiger partial charge is 0.402 e. The predicted molar refractivity (Wildman–Crippen MR) is 215 cm³/mol. The molecule has 0 N–H and O–H groups in total. The van der Waals surface area contributed by atoms with Crippen LogP contribution < -0.4 is 0 Å². The molecule has 4 bridgehead atoms. The molecule has 0 heterocycles. The van der Waals surface area contributed by atoms with Crippen LogP contribution in [0.5, 0.6) is 0 Å². The zero-order chi connectivity index (χ0) is 36.6. The first-order chi connectivity index (χ1) is 26.5. The maximum absolute atomic E-state index is 15.4. The number of rotatable bonds is 10. The third-order valence-corrected chi connectivity index (χ3v) is 18.2. The number of carbonyl (C=O) groups excluding carboxylic acids is 2. The van der Waals surface area contributed by atoms with Gasteiger partial charge in [0.1, 0.15) is 0 Å². The lowest BCUT2D eigenvalue weighted by Gasteiger charge is -2.60. The molecule has 0 amide bonds. The number of hydrogen-bond donors (Lipinski definition) is 0. The van der Waals surface area contributed by atoms with E-state index >= 15 is 9.59 Å². The SMILES string of the molecule is O=C(OS(c1ccccc1)(c1ccccc1)c1ccccc1)C12CC3CC(C1)CC(C(=O)OS(c1ccccc1)(c1ccccc1)c1ccccc1)(C3)C2. The Morgan fingerprint density at radius 3 is 0.833 bits per heavy atom. The van der Waals surface area contributed by atoms with Crippen molar-refractivity contribution >= 4 is 32.6 Å². The van der Waals surface area contributed by atoms with Crippen LogP contribution in [-0.4, -0.2) is 11.9 Å². The van der Waals surface area contributed by atoms with Gasteiger partial charge in [-0.1, -0.05) is 109 Å². The third kappa shape index (κ3) is 5.78. The maximum atomic E-state index is 15.4. The van der Waals surface area contributed by atoms with E-state index in [1.807, 2.05) is 109 Å². The van der Waals surface area contributed by atoms with Crippen LogP contribution in [0.15, 0.2) is 211 Å². The molecule has 0 radical (unpaired) electrons. The lowest BCUT2D eigenvalue weighted by atomic mass is 9.44. The second-order valence-electron chi connectivity index (χ2n) is 15.3. The van der Waals surface area contributed by atoms with E-state index < -0.39 is 31.4 Å². The highest BCUT2D eigenvalue weighted by Crippen LogP contribution is 2.74. The Morgan fingerprint density at radius 2 is 0.611 bits per heavy atom. The minimum Gasteiger partial charge on any atom is -0.402 e. The van der Waals surface area contributed by atoms with Crippen molar-refractivity contribution < 1.29 is 18.0 Å². The molecule has 4 aliphatic rings. The number of benzene rings is 6. The number of hydrogen-bond acceptors (Lipinski definition) is 4. The van der Waals surface area contributed by atoms with Gasteiger partial charge < -0.3 is 8.37 Å². The summed E-state index contributed by atoms with van der Waals surface area (Å²) in [6.45, 7) is 0. The van der Waals surface area contributed by atoms with Crippen molar-refractivity contribution in [1.29, 1.82) is 0 Å². The molecule has 0 aliphatic heterocycles. The highest BCUT2D eigenvalue weighted by atomic mass is 32.3. The van der Waals surface area contributed by atoms with Crippen LogP contribution in [-0.2, 0) is 18.0 Å². The normalized spacial score (nSPS) is 23.6. The first kappa shape index (κ1) is 34.7. The smallest absolute Gasteiger partial charge is 0.323 e. The minimum atomic E-state index is -2.46. The summed E-state index contributed by atoms with van der Waals surface area (Å²) in [7, 11) is -4.93. The Bertz CT molecular complexity index is 1870. The summed E-state index contributed by atoms with van der Waals surface area (Å²) < 4.78 is 14.4. The summed E-state index contributed by atoms with van der Waals surface area (Å²) in [5, 5.41) is 0. The molecule has 0 atom stereocenters. The van der Waals surface area contributed by atoms with E-state index in [-0.39, 0.29) is 23.8 Å². The fourth-order valence-electron chi connectivity index (χ4n) is 9.92. The molecular formula is C48H44O4S2. The first-order valence-corrected chi connectivity index (χ1v) is 22.0. The van der Waals surface area contributed by atoms with Gasteiger partial charge in [0.05, 0.1) is 10.8 Å². The van der Waals surface area contributed by atoms with Crippen LogP contribution in [0.2, 0.25) is 0 Å². The van der Waals surface area contributed by atoms with Gasteiger partial charge >= 0.3 is 11.9 Å². The molecule has 6 heteroatoms. The van der Waals surface area contributed by atoms with E-state index in [9.17, 15) is 0 Å². The molecule has 6 aromatic rings. The van der Waals surface area contributed by atoms with E-state index in [4.69, 9.17) is 8.37 Å². The van der Waals surface area contributed by atoms with Crippen molar-refractivity contribution in [2.75, 3.05) is 0 Å². The summed E-state index contributed by atoms with van der Waals surface area (Å²) in [6, 6.07) is 61.3. The topological polar surface area (TPSA) is 52.6 Å². The molecule has 4 aliphatic carbocycles. The van der Waals surface area contributed by atoms with Gasteiger partial charge in [0.25, 0.3) is 0 Å². The summed E-state index contributed by atoms with van der Waals surface area (Å²) in [5.74, 6) is 0.118. The summed E-state index contributed by atoms with van der Waals surface area (Å²) in [5.41, 5.74) is -1.58. The molecular weight excluding hydrogens is 705 g/mol. The highest BCUT2D eigenvalue weighted by molar-refractivity contribution is 8.30. The van der Waals surface area contributed by atoms with Crippen LogP contribution in [0.3, 0.4) is 0 Å². The summed E-state index contributed by atoms with van der Waals surface area (Å²) in [4.78, 5) is 36.6. The molecule has 10 rings (SSSR count). The molecule has 6 aromatic carbocycles. The Labute approximate surface area is 321 Å². The van der Waals surface area contributed by atoms with Crippen molar-refractivity contribution in [2.24, 2.45) is 22.7 Å². The van der Waals surface area contributed by atoms with Crippen molar-refractivity contribution in [3.8, 4) is 0 Å². The number of carbonyl (C=O) groups is 2. The van der Waals surface area contributed by atoms with Gasteiger partial charge in [-0.25, -0.2) is 0 Å². The maximum Gasteiger partial charge on any atom is 0.323 e. The van der Waals surface area contributed by atoms with Crippen LogP contribution in [0.1, 0.15) is 38.5 Å². The van der Waals surface area contributed by atoms with Gasteiger partial charge in [0.15, 0.2) is 0 Å². The molecule has 0 unspecified atom stereocenters. The second kappa shape index (κ2) is 14.0. The standard InChI is InChI=1S/C48H44O4S2/c49-45(51-53(39-19-7-1-8-20-39,40-21-9-2-10-22-40)41-23-11-3-12-24-41)47-32-37-31-38(33-47)35-48(34-37,36-47)46(50)52-54(42-25-13-4-14-26-42,43-27-15-5-16-28-43)44-29-17-6-18-30-44/h1-30,37-38H,31-36H2. The zero-order valence-electron chi connectivity index (χ0n) is 30.2. The molecule has 0 spiro atoms. The van der Waals surface area contributed by atoms with Gasteiger partial charge in [0, 0.05) is 29.4 Å². The van der Waals surface area contributed by atoms with Crippen molar-refractivity contribution in [2.45, 2.75) is 67.9 Å². The molecule has 0 aromatic heterocycles. The Hall–Kier alpha value is -5.04. The summed E-state index contributed by atoms with van der Waals surface area (Å²) >= 11 is 0. The van der Waals surface area contributed by atoms with Gasteiger partial charge in [-0.3, -0.25) is 9.59 Å². The minimum absolute atomic E-state index is 0.187. The molecule has 4 nitrogen and oxygen atoms in total. The third-order valence-electron chi connectivity index (χ3n) is 11.8. The van der Waals surface area contributed by atoms with Gasteiger partial charge in [-0.05, 0) is 144 Å². The average molecular weight is 749 g/mol. The van der Waals surface area contributed by atoms with Gasteiger partial charge in [-0.2, -0.15) is 0 Å². The Balaban J connectivity index is 1.13. The highest BCUT2D eigenvalue weighted by Gasteiger charge is 2.65. The second-order valence-corrected chi connectivity index (χ2v) is 20.6. The quantitative estimate of drug-likeness (QED) is 0.140. The summed E-state index contributed by atoms with van der Waals surface area (Å²) in [6.07, 6.45) is 4.41. The van der Waals surface area contributed by atoms with Crippen molar-refractivity contribution in [1.82, 2.24) is 0 Å². The van der Waals surface area contributed by atoms with Crippen LogP contribution >= 0.6 is 20.6 Å². The molecule has 272 valence electrons. The monoisotopic (exact) mass is 748 g/mol. The van der Waals surface area contributed by atoms with Crippen molar-refractivity contribution in [3.63, 3.8) is 0 Å². The lowest BCUT2D eigenvalue weighted by molar-refractivity contribution is -0.182. The average Bonchev–Trinajstić information content (AvgIpc) is 3.23. The zero-order valence-corrected chi connectivity index (χ0v) is 31.8. The van der Waals surface area contributed by atoms with E-state index in [0.29, 0.717) is 6.42 Å². The van der Waals surface area contributed by atoms with Crippen LogP contribution in [0.25, 0.3) is 0 Å². The van der Waals surface area contributed by atoms with Crippen molar-refractivity contribution in [3.05, 3.63) is 182 Å². The van der Waals surface area contributed by atoms with E-state index in [1.165, 1.54) is 0 Å². The van der Waals surface area contributed by atoms with Crippen LogP contribution in [0.4, 0.5) is 0 Å². The fourth-order valence-corrected chi connectivity index (χ4v) is 16.2. The van der Waals surface area contributed by atoms with E-state index in [1.54, 1.807) is 0 Å². The van der Waals surface area contributed by atoms with E-state index in [0.717, 1.165) is 61.5 Å². The molecule has 4 saturated carbocycles. The first-order valence-electron chi connectivity index (χ1n) is 18.9. The Kier molecular flexibility index (Phi) is 8.99. The van der Waals surface area contributed by atoms with Gasteiger partial charge in [0.2, 0.25) is 0 Å². The predicted octanol–water partition coefficient (Wildman–Crippen LogP) is 12.5. The fraction of sp³-hybridized carbons (Fsp3) is 0.208. The Morgan fingerprint density at radius 1 is 0.389 bits per heavy atom. The molecule has 4 fully saturated rings. The molecule has 54 heavy (non-hydrogen) atoms. The van der Waals surface area contributed by atoms with Crippen LogP contribution in [0, 0.1) is 22.7 Å². The molecule has 0 saturated heterocycles. The van der Waals surface area contributed by atoms with Gasteiger partial charge in [-0.15, -0.1) is 0 Å². The lowest BCUT2D eigenvalue weighted by Crippen LogP contribution is -2.58. The van der Waals surface area contributed by atoms with E-state index in [2.05, 4.69) is 72.8 Å².